The number of hydrogen-bond donors (Lipinski definition) is 3. The Bertz CT molecular complexity index is 381. The maximum Gasteiger partial charge on any atom is 0.335 e. The van der Waals surface area contributed by atoms with Crippen molar-refractivity contribution in [1.82, 2.24) is 0 Å². The molecule has 0 spiro atoms. The van der Waals surface area contributed by atoms with E-state index < -0.39 is 22.9 Å². The molecule has 1 atom stereocenters. The van der Waals surface area contributed by atoms with E-state index in [0.29, 0.717) is 0 Å². The van der Waals surface area contributed by atoms with Gasteiger partial charge >= 0.3 is 11.9 Å². The molecule has 1 unspecified atom stereocenters. The predicted octanol–water partition coefficient (Wildman–Crippen LogP) is 0.375. The predicted molar refractivity (Wildman–Crippen MR) is 53.2 cm³/mol. The van der Waals surface area contributed by atoms with Crippen LogP contribution >= 0.6 is 0 Å². The van der Waals surface area contributed by atoms with Crippen molar-refractivity contribution in [1.29, 1.82) is 0 Å². The van der Waals surface area contributed by atoms with Crippen LogP contribution in [0, 0.1) is 5.41 Å². The van der Waals surface area contributed by atoms with Crippen LogP contribution in [0.5, 0.6) is 0 Å². The summed E-state index contributed by atoms with van der Waals surface area (Å²) in [5.74, 6) is -2.42. The molecule has 0 aromatic heterocycles. The van der Waals surface area contributed by atoms with Crippen LogP contribution in [0.15, 0.2) is 23.8 Å². The number of carboxylic acid groups (broad SMARTS) is 2. The first-order chi connectivity index (χ1) is 6.71. The third-order valence-electron chi connectivity index (χ3n) is 2.73. The maximum atomic E-state index is 11.1. The Labute approximate surface area is 86.9 Å². The summed E-state index contributed by atoms with van der Waals surface area (Å²) in [6.07, 6.45) is 3.96. The standard InChI is InChI=1S/C10H13NO4/c1-9(2)4-3-6(7(12)13)5-10(9,11)8(14)15/h3-5H,11H2,1-2H3,(H,12,13)(H,14,15). The van der Waals surface area contributed by atoms with E-state index in [9.17, 15) is 9.59 Å². The molecule has 82 valence electrons. The molecule has 1 aliphatic carbocycles. The average molecular weight is 211 g/mol. The van der Waals surface area contributed by atoms with Crippen LogP contribution in [0.2, 0.25) is 0 Å². The van der Waals surface area contributed by atoms with Crippen molar-refractivity contribution < 1.29 is 19.8 Å². The lowest BCUT2D eigenvalue weighted by atomic mass is 9.69. The molecule has 0 fully saturated rings. The topological polar surface area (TPSA) is 101 Å². The molecule has 0 saturated carbocycles. The Balaban J connectivity index is 3.29. The molecule has 0 heterocycles. The van der Waals surface area contributed by atoms with E-state index >= 15 is 0 Å². The monoisotopic (exact) mass is 211 g/mol. The highest BCUT2D eigenvalue weighted by Gasteiger charge is 2.47. The lowest BCUT2D eigenvalue weighted by Gasteiger charge is -2.38. The van der Waals surface area contributed by atoms with Crippen molar-refractivity contribution >= 4 is 11.9 Å². The summed E-state index contributed by atoms with van der Waals surface area (Å²) in [5.41, 5.74) is 3.11. The van der Waals surface area contributed by atoms with Crippen molar-refractivity contribution in [2.24, 2.45) is 11.1 Å². The molecule has 5 nitrogen and oxygen atoms in total. The first kappa shape index (κ1) is 11.5. The molecular formula is C10H13NO4. The van der Waals surface area contributed by atoms with Crippen LogP contribution in [0.25, 0.3) is 0 Å². The number of carbonyl (C=O) groups is 2. The van der Waals surface area contributed by atoms with Crippen LogP contribution in [-0.4, -0.2) is 27.7 Å². The van der Waals surface area contributed by atoms with Gasteiger partial charge in [0, 0.05) is 5.41 Å². The van der Waals surface area contributed by atoms with Gasteiger partial charge in [0.05, 0.1) is 5.57 Å². The molecule has 15 heavy (non-hydrogen) atoms. The SMILES string of the molecule is CC1(C)C=CC(C(=O)O)=CC1(N)C(=O)O. The van der Waals surface area contributed by atoms with Crippen molar-refractivity contribution in [3.05, 3.63) is 23.8 Å². The summed E-state index contributed by atoms with van der Waals surface area (Å²) in [6, 6.07) is 0. The highest BCUT2D eigenvalue weighted by molar-refractivity contribution is 5.94. The first-order valence-corrected chi connectivity index (χ1v) is 4.38. The average Bonchev–Trinajstić information content (AvgIpc) is 2.09. The van der Waals surface area contributed by atoms with Gasteiger partial charge in [0.15, 0.2) is 0 Å². The highest BCUT2D eigenvalue weighted by Crippen LogP contribution is 2.36. The number of hydrogen-bond acceptors (Lipinski definition) is 3. The van der Waals surface area contributed by atoms with Gasteiger partial charge in [-0.05, 0) is 6.08 Å². The van der Waals surface area contributed by atoms with Gasteiger partial charge in [-0.3, -0.25) is 0 Å². The third-order valence-corrected chi connectivity index (χ3v) is 2.73. The molecule has 0 aromatic carbocycles. The molecule has 5 heteroatoms. The fourth-order valence-electron chi connectivity index (χ4n) is 1.39. The van der Waals surface area contributed by atoms with Crippen LogP contribution in [0.4, 0.5) is 0 Å². The van der Waals surface area contributed by atoms with E-state index in [1.54, 1.807) is 13.8 Å². The van der Waals surface area contributed by atoms with E-state index in [2.05, 4.69) is 0 Å². The Morgan fingerprint density at radius 3 is 2.27 bits per heavy atom. The molecule has 0 bridgehead atoms. The Hall–Kier alpha value is -1.62. The van der Waals surface area contributed by atoms with E-state index in [0.717, 1.165) is 6.08 Å². The smallest absolute Gasteiger partial charge is 0.335 e. The zero-order chi connectivity index (χ0) is 11.9. The van der Waals surface area contributed by atoms with Gasteiger partial charge in [0.1, 0.15) is 5.54 Å². The van der Waals surface area contributed by atoms with E-state index in [1.165, 1.54) is 12.2 Å². The second kappa shape index (κ2) is 3.20. The van der Waals surface area contributed by atoms with Gasteiger partial charge in [-0.25, -0.2) is 9.59 Å². The lowest BCUT2D eigenvalue weighted by molar-refractivity contribution is -0.144. The van der Waals surface area contributed by atoms with Crippen LogP contribution in [0.1, 0.15) is 13.8 Å². The molecule has 0 aromatic rings. The van der Waals surface area contributed by atoms with Crippen molar-refractivity contribution in [2.75, 3.05) is 0 Å². The second-order valence-corrected chi connectivity index (χ2v) is 4.13. The minimum atomic E-state index is -1.69. The Morgan fingerprint density at radius 2 is 1.87 bits per heavy atom. The molecule has 1 rings (SSSR count). The number of carboxylic acids is 2. The van der Waals surface area contributed by atoms with Gasteiger partial charge in [-0.2, -0.15) is 0 Å². The Kier molecular flexibility index (Phi) is 2.44. The van der Waals surface area contributed by atoms with Gasteiger partial charge in [-0.15, -0.1) is 0 Å². The molecule has 0 saturated heterocycles. The molecule has 0 radical (unpaired) electrons. The summed E-state index contributed by atoms with van der Waals surface area (Å²) in [5, 5.41) is 17.8. The van der Waals surface area contributed by atoms with Gasteiger partial charge in [0.25, 0.3) is 0 Å². The lowest BCUT2D eigenvalue weighted by Crippen LogP contribution is -2.58. The van der Waals surface area contributed by atoms with Crippen LogP contribution < -0.4 is 5.73 Å². The number of rotatable bonds is 2. The van der Waals surface area contributed by atoms with E-state index in [4.69, 9.17) is 15.9 Å². The van der Waals surface area contributed by atoms with Crippen molar-refractivity contribution in [3.8, 4) is 0 Å². The summed E-state index contributed by atoms with van der Waals surface area (Å²) >= 11 is 0. The zero-order valence-corrected chi connectivity index (χ0v) is 8.52. The molecular weight excluding hydrogens is 198 g/mol. The normalized spacial score (nSPS) is 28.3. The maximum absolute atomic E-state index is 11.1. The Morgan fingerprint density at radius 1 is 1.33 bits per heavy atom. The van der Waals surface area contributed by atoms with E-state index in [-0.39, 0.29) is 5.57 Å². The van der Waals surface area contributed by atoms with Gasteiger partial charge in [-0.1, -0.05) is 26.0 Å². The van der Waals surface area contributed by atoms with E-state index in [1.807, 2.05) is 0 Å². The number of aliphatic carboxylic acids is 2. The highest BCUT2D eigenvalue weighted by atomic mass is 16.4. The minimum absolute atomic E-state index is 0.0979. The first-order valence-electron chi connectivity index (χ1n) is 4.38. The minimum Gasteiger partial charge on any atom is -0.480 e. The quantitative estimate of drug-likeness (QED) is 0.612. The second-order valence-electron chi connectivity index (χ2n) is 4.13. The van der Waals surface area contributed by atoms with Gasteiger partial charge in [0.2, 0.25) is 0 Å². The molecule has 0 aliphatic heterocycles. The largest absolute Gasteiger partial charge is 0.480 e. The van der Waals surface area contributed by atoms with Crippen molar-refractivity contribution in [3.63, 3.8) is 0 Å². The van der Waals surface area contributed by atoms with Crippen LogP contribution in [0.3, 0.4) is 0 Å². The zero-order valence-electron chi connectivity index (χ0n) is 8.52. The molecule has 4 N–H and O–H groups in total. The van der Waals surface area contributed by atoms with Crippen LogP contribution in [-0.2, 0) is 9.59 Å². The number of nitrogens with two attached hydrogens (primary N) is 1. The fourth-order valence-corrected chi connectivity index (χ4v) is 1.39. The summed E-state index contributed by atoms with van der Waals surface area (Å²) < 4.78 is 0. The van der Waals surface area contributed by atoms with Crippen molar-refractivity contribution in [2.45, 2.75) is 19.4 Å². The summed E-state index contributed by atoms with van der Waals surface area (Å²) in [6.45, 7) is 3.29. The molecule has 1 aliphatic rings. The molecule has 0 amide bonds. The van der Waals surface area contributed by atoms with Gasteiger partial charge < -0.3 is 15.9 Å². The summed E-state index contributed by atoms with van der Waals surface area (Å²) in [7, 11) is 0. The summed E-state index contributed by atoms with van der Waals surface area (Å²) in [4.78, 5) is 21.8. The third kappa shape index (κ3) is 1.66. The fraction of sp³-hybridized carbons (Fsp3) is 0.400.